The number of nitrogens with zero attached hydrogens (tertiary/aromatic N) is 4. The van der Waals surface area contributed by atoms with Gasteiger partial charge >= 0.3 is 0 Å². The zero-order chi connectivity index (χ0) is 18.9. The van der Waals surface area contributed by atoms with Crippen molar-refractivity contribution in [2.45, 2.75) is 57.3 Å². The van der Waals surface area contributed by atoms with Crippen molar-refractivity contribution in [2.24, 2.45) is 0 Å². The van der Waals surface area contributed by atoms with E-state index in [1.807, 2.05) is 35.0 Å². The van der Waals surface area contributed by atoms with Crippen molar-refractivity contribution in [1.29, 1.82) is 0 Å². The topological polar surface area (TPSA) is 75.2 Å². The highest BCUT2D eigenvalue weighted by atomic mass is 16.5. The van der Waals surface area contributed by atoms with Crippen LogP contribution < -0.4 is 4.74 Å². The summed E-state index contributed by atoms with van der Waals surface area (Å²) in [5.41, 5.74) is 2.86. The third kappa shape index (κ3) is 3.30. The van der Waals surface area contributed by atoms with E-state index in [0.29, 0.717) is 25.0 Å². The van der Waals surface area contributed by atoms with Gasteiger partial charge in [-0.3, -0.25) is 4.68 Å². The summed E-state index contributed by atoms with van der Waals surface area (Å²) in [6, 6.07) is 9.96. The summed E-state index contributed by atoms with van der Waals surface area (Å²) < 4.78 is 18.8. The minimum absolute atomic E-state index is 0.0355. The number of fused-ring (bicyclic) bond motifs is 1. The molecule has 0 bridgehead atoms. The van der Waals surface area contributed by atoms with Crippen molar-refractivity contribution in [3.63, 3.8) is 0 Å². The molecule has 0 radical (unpaired) electrons. The number of aromatic nitrogens is 4. The molecular weight excluding hydrogens is 356 g/mol. The van der Waals surface area contributed by atoms with E-state index in [1.54, 1.807) is 7.11 Å². The first-order valence-corrected chi connectivity index (χ1v) is 9.96. The highest BCUT2D eigenvalue weighted by Gasteiger charge is 2.26. The first kappa shape index (κ1) is 17.4. The van der Waals surface area contributed by atoms with E-state index >= 15 is 0 Å². The van der Waals surface area contributed by atoms with Crippen LogP contribution in [0.15, 0.2) is 34.9 Å². The summed E-state index contributed by atoms with van der Waals surface area (Å²) >= 11 is 0. The Labute approximate surface area is 163 Å². The fourth-order valence-electron chi connectivity index (χ4n) is 4.12. The Hall–Kier alpha value is -2.67. The van der Waals surface area contributed by atoms with E-state index in [9.17, 15) is 0 Å². The zero-order valence-electron chi connectivity index (χ0n) is 16.0. The van der Waals surface area contributed by atoms with E-state index in [-0.39, 0.29) is 6.10 Å². The molecule has 3 aromatic rings. The van der Waals surface area contributed by atoms with Crippen LogP contribution in [0.25, 0.3) is 11.6 Å². The van der Waals surface area contributed by atoms with Crippen LogP contribution in [0.3, 0.4) is 0 Å². The average molecular weight is 380 g/mol. The van der Waals surface area contributed by atoms with Crippen LogP contribution in [0, 0.1) is 0 Å². The molecule has 7 heteroatoms. The Morgan fingerprint density at radius 1 is 1.11 bits per heavy atom. The maximum Gasteiger partial charge on any atom is 0.278 e. The van der Waals surface area contributed by atoms with E-state index < -0.39 is 0 Å². The van der Waals surface area contributed by atoms with E-state index in [2.05, 4.69) is 10.1 Å². The zero-order valence-corrected chi connectivity index (χ0v) is 16.0. The van der Waals surface area contributed by atoms with Gasteiger partial charge in [0.2, 0.25) is 0 Å². The number of benzene rings is 1. The van der Waals surface area contributed by atoms with Crippen LogP contribution >= 0.6 is 0 Å². The van der Waals surface area contributed by atoms with Crippen LogP contribution in [0.2, 0.25) is 0 Å². The molecule has 0 spiro atoms. The predicted molar refractivity (Wildman–Crippen MR) is 102 cm³/mol. The molecule has 3 heterocycles. The Balaban J connectivity index is 1.33. The molecule has 0 saturated heterocycles. The van der Waals surface area contributed by atoms with Gasteiger partial charge in [0.15, 0.2) is 11.5 Å². The van der Waals surface area contributed by atoms with Gasteiger partial charge in [0.25, 0.3) is 5.89 Å². The molecule has 1 fully saturated rings. The normalized spacial score (nSPS) is 20.1. The number of ether oxygens (including phenoxy) is 2. The third-order valence-corrected chi connectivity index (χ3v) is 5.75. The lowest BCUT2D eigenvalue weighted by molar-refractivity contribution is -0.00115. The highest BCUT2D eigenvalue weighted by molar-refractivity contribution is 5.47. The quantitative estimate of drug-likeness (QED) is 0.673. The molecule has 1 aliphatic carbocycles. The second kappa shape index (κ2) is 7.39. The summed E-state index contributed by atoms with van der Waals surface area (Å²) in [7, 11) is 1.67. The van der Waals surface area contributed by atoms with Crippen LogP contribution in [0.5, 0.6) is 5.75 Å². The minimum atomic E-state index is -0.0355. The Bertz CT molecular complexity index is 941. The largest absolute Gasteiger partial charge is 0.497 e. The van der Waals surface area contributed by atoms with Crippen molar-refractivity contribution in [3.8, 4) is 17.3 Å². The Kier molecular flexibility index (Phi) is 4.60. The SMILES string of the molecule is COc1ccc(C2Cn3nc(-c4nc(C5CCCCC5)no4)cc3CO2)cc1. The van der Waals surface area contributed by atoms with Crippen molar-refractivity contribution in [2.75, 3.05) is 7.11 Å². The lowest BCUT2D eigenvalue weighted by Gasteiger charge is -2.24. The van der Waals surface area contributed by atoms with Gasteiger partial charge in [0.1, 0.15) is 11.9 Å². The molecule has 1 atom stereocenters. The molecule has 7 nitrogen and oxygen atoms in total. The van der Waals surface area contributed by atoms with Gasteiger partial charge < -0.3 is 14.0 Å². The van der Waals surface area contributed by atoms with Crippen molar-refractivity contribution < 1.29 is 14.0 Å². The molecular formula is C21H24N4O3. The van der Waals surface area contributed by atoms with Crippen molar-refractivity contribution >= 4 is 0 Å². The summed E-state index contributed by atoms with van der Waals surface area (Å²) in [6.07, 6.45) is 6.07. The number of rotatable bonds is 4. The monoisotopic (exact) mass is 380 g/mol. The first-order chi connectivity index (χ1) is 13.8. The third-order valence-electron chi connectivity index (χ3n) is 5.75. The maximum absolute atomic E-state index is 6.05. The molecule has 5 rings (SSSR count). The molecule has 1 saturated carbocycles. The molecule has 146 valence electrons. The lowest BCUT2D eigenvalue weighted by atomic mass is 9.89. The molecule has 1 unspecified atom stereocenters. The van der Waals surface area contributed by atoms with Gasteiger partial charge in [-0.1, -0.05) is 36.6 Å². The van der Waals surface area contributed by atoms with E-state index in [1.165, 1.54) is 19.3 Å². The molecule has 2 aliphatic rings. The molecule has 1 aliphatic heterocycles. The number of hydrogen-bond acceptors (Lipinski definition) is 6. The van der Waals surface area contributed by atoms with Gasteiger partial charge in [0, 0.05) is 5.92 Å². The second-order valence-corrected chi connectivity index (χ2v) is 7.57. The second-order valence-electron chi connectivity index (χ2n) is 7.57. The van der Waals surface area contributed by atoms with Crippen molar-refractivity contribution in [1.82, 2.24) is 19.9 Å². The Morgan fingerprint density at radius 2 is 1.93 bits per heavy atom. The smallest absolute Gasteiger partial charge is 0.278 e. The van der Waals surface area contributed by atoms with Crippen LogP contribution in [-0.4, -0.2) is 27.0 Å². The fourth-order valence-corrected chi connectivity index (χ4v) is 4.12. The molecule has 0 amide bonds. The van der Waals surface area contributed by atoms with Crippen molar-refractivity contribution in [3.05, 3.63) is 47.4 Å². The van der Waals surface area contributed by atoms with Gasteiger partial charge in [-0.25, -0.2) is 0 Å². The standard InChI is InChI=1S/C21H24N4O3/c1-26-17-9-7-14(8-10-17)19-12-25-16(13-27-19)11-18(23-25)21-22-20(24-28-21)15-5-3-2-4-6-15/h7-11,15,19H,2-6,12-13H2,1H3. The van der Waals surface area contributed by atoms with Gasteiger partial charge in [-0.15, -0.1) is 0 Å². The molecule has 2 aromatic heterocycles. The van der Waals surface area contributed by atoms with Gasteiger partial charge in [0.05, 0.1) is 26.0 Å². The number of hydrogen-bond donors (Lipinski definition) is 0. The van der Waals surface area contributed by atoms with E-state index in [0.717, 1.165) is 41.4 Å². The summed E-state index contributed by atoms with van der Waals surface area (Å²) in [5.74, 6) is 2.59. The van der Waals surface area contributed by atoms with E-state index in [4.69, 9.17) is 19.1 Å². The summed E-state index contributed by atoms with van der Waals surface area (Å²) in [5, 5.41) is 8.93. The van der Waals surface area contributed by atoms with Gasteiger partial charge in [-0.2, -0.15) is 10.1 Å². The predicted octanol–water partition coefficient (Wildman–Crippen LogP) is 4.26. The maximum atomic E-state index is 6.05. The minimum Gasteiger partial charge on any atom is -0.497 e. The number of methoxy groups -OCH3 is 1. The molecule has 28 heavy (non-hydrogen) atoms. The average Bonchev–Trinajstić information content (AvgIpc) is 3.41. The van der Waals surface area contributed by atoms with Crippen LogP contribution in [-0.2, 0) is 17.9 Å². The molecule has 0 N–H and O–H groups in total. The lowest BCUT2D eigenvalue weighted by Crippen LogP contribution is -2.21. The van der Waals surface area contributed by atoms with Crippen LogP contribution in [0.1, 0.15) is 61.2 Å². The van der Waals surface area contributed by atoms with Gasteiger partial charge in [-0.05, 0) is 36.6 Å². The van der Waals surface area contributed by atoms with Crippen LogP contribution in [0.4, 0.5) is 0 Å². The molecule has 1 aromatic carbocycles. The highest BCUT2D eigenvalue weighted by Crippen LogP contribution is 2.33. The first-order valence-electron chi connectivity index (χ1n) is 9.96. The summed E-state index contributed by atoms with van der Waals surface area (Å²) in [6.45, 7) is 1.17. The Morgan fingerprint density at radius 3 is 2.71 bits per heavy atom. The summed E-state index contributed by atoms with van der Waals surface area (Å²) in [4.78, 5) is 4.64. The fraction of sp³-hybridized carbons (Fsp3) is 0.476.